The molecule has 21 heavy (non-hydrogen) atoms. The fraction of sp³-hybridized carbons (Fsp3) is 0.429. The van der Waals surface area contributed by atoms with E-state index in [0.29, 0.717) is 17.0 Å². The fourth-order valence-corrected chi connectivity index (χ4v) is 3.88. The normalized spacial score (nSPS) is 17.6. The Labute approximate surface area is 131 Å². The molecule has 0 radical (unpaired) electrons. The number of carbonyl (C=O) groups excluding carboxylic acids is 2. The molecular formula is C14H15N3O2S2. The van der Waals surface area contributed by atoms with Gasteiger partial charge in [-0.1, -0.05) is 23.5 Å². The summed E-state index contributed by atoms with van der Waals surface area (Å²) in [5.74, 6) is 0.707. The maximum Gasteiger partial charge on any atom is 0.231 e. The lowest BCUT2D eigenvalue weighted by atomic mass is 10.1. The summed E-state index contributed by atoms with van der Waals surface area (Å²) in [7, 11) is 0. The van der Waals surface area contributed by atoms with Crippen LogP contribution in [0, 0.1) is 25.2 Å². The van der Waals surface area contributed by atoms with E-state index in [0.717, 1.165) is 17.0 Å². The van der Waals surface area contributed by atoms with E-state index in [1.165, 1.54) is 23.5 Å². The Morgan fingerprint density at radius 3 is 3.00 bits per heavy atom. The van der Waals surface area contributed by atoms with Gasteiger partial charge in [-0.15, -0.1) is 0 Å². The zero-order chi connectivity index (χ0) is 15.4. The van der Waals surface area contributed by atoms with Gasteiger partial charge in [-0.3, -0.25) is 9.59 Å². The number of nitriles is 1. The van der Waals surface area contributed by atoms with E-state index in [1.54, 1.807) is 0 Å². The first-order chi connectivity index (χ1) is 10.0. The van der Waals surface area contributed by atoms with Crippen molar-refractivity contribution < 1.29 is 9.59 Å². The third kappa shape index (κ3) is 3.99. The van der Waals surface area contributed by atoms with Crippen LogP contribution in [0.4, 0.5) is 0 Å². The van der Waals surface area contributed by atoms with Crippen LogP contribution in [0.2, 0.25) is 0 Å². The predicted octanol–water partition coefficient (Wildman–Crippen LogP) is 1.81. The molecule has 0 bridgehead atoms. The zero-order valence-electron chi connectivity index (χ0n) is 11.8. The highest BCUT2D eigenvalue weighted by Crippen LogP contribution is 2.24. The van der Waals surface area contributed by atoms with E-state index < -0.39 is 0 Å². The Morgan fingerprint density at radius 2 is 2.38 bits per heavy atom. The monoisotopic (exact) mass is 321 g/mol. The van der Waals surface area contributed by atoms with Crippen molar-refractivity contribution in [1.29, 1.82) is 5.26 Å². The number of carbonyl (C=O) groups is 2. The Kier molecular flexibility index (Phi) is 5.26. The van der Waals surface area contributed by atoms with E-state index in [-0.39, 0.29) is 22.8 Å². The predicted molar refractivity (Wildman–Crippen MR) is 83.2 cm³/mol. The summed E-state index contributed by atoms with van der Waals surface area (Å²) in [6.45, 7) is 3.71. The molecule has 1 aromatic rings. The van der Waals surface area contributed by atoms with Crippen molar-refractivity contribution in [3.8, 4) is 6.07 Å². The Hall–Kier alpha value is -1.52. The third-order valence-corrected chi connectivity index (χ3v) is 5.02. The lowest BCUT2D eigenvalue weighted by Crippen LogP contribution is -2.38. The molecule has 2 heterocycles. The molecule has 0 spiro atoms. The lowest BCUT2D eigenvalue weighted by molar-refractivity contribution is -0.122. The first kappa shape index (κ1) is 15.9. The first-order valence-corrected chi connectivity index (χ1v) is 8.45. The van der Waals surface area contributed by atoms with Crippen molar-refractivity contribution in [3.63, 3.8) is 0 Å². The van der Waals surface area contributed by atoms with Gasteiger partial charge in [0.2, 0.25) is 11.0 Å². The van der Waals surface area contributed by atoms with Gasteiger partial charge >= 0.3 is 0 Å². The summed E-state index contributed by atoms with van der Waals surface area (Å²) in [6, 6.07) is 3.60. The number of rotatable bonds is 4. The molecule has 1 N–H and O–H groups in total. The number of nitrogens with one attached hydrogen (secondary N) is 1. The van der Waals surface area contributed by atoms with Crippen molar-refractivity contribution in [1.82, 2.24) is 10.3 Å². The molecule has 2 rings (SSSR count). The standard InChI is InChI=1S/C14H15N3O2S2/c1-8-5-9(2)16-13(10(8)6-15)21-7-12(18)17-11-3-4-20-14(11)19/h5,11H,3-4,7H2,1-2H3,(H,17,18)/t11-/m1/s1. The van der Waals surface area contributed by atoms with E-state index in [2.05, 4.69) is 16.4 Å². The number of nitrogens with zero attached hydrogens (tertiary/aromatic N) is 2. The van der Waals surface area contributed by atoms with Gasteiger partial charge in [-0.05, 0) is 31.9 Å². The maximum atomic E-state index is 11.9. The molecule has 1 atom stereocenters. The van der Waals surface area contributed by atoms with Gasteiger partial charge in [0, 0.05) is 11.4 Å². The molecule has 1 aliphatic rings. The van der Waals surface area contributed by atoms with Crippen molar-refractivity contribution in [2.45, 2.75) is 31.3 Å². The van der Waals surface area contributed by atoms with Crippen LogP contribution in [-0.4, -0.2) is 33.6 Å². The summed E-state index contributed by atoms with van der Waals surface area (Å²) in [5.41, 5.74) is 2.18. The largest absolute Gasteiger partial charge is 0.345 e. The number of thioether (sulfide) groups is 2. The summed E-state index contributed by atoms with van der Waals surface area (Å²) in [6.07, 6.45) is 0.686. The topological polar surface area (TPSA) is 82.9 Å². The Balaban J connectivity index is 1.98. The molecule has 7 heteroatoms. The van der Waals surface area contributed by atoms with Crippen LogP contribution in [0.25, 0.3) is 0 Å². The van der Waals surface area contributed by atoms with Gasteiger partial charge < -0.3 is 5.32 Å². The number of amides is 1. The van der Waals surface area contributed by atoms with E-state index in [9.17, 15) is 9.59 Å². The fourth-order valence-electron chi connectivity index (χ4n) is 2.04. The minimum Gasteiger partial charge on any atom is -0.345 e. The van der Waals surface area contributed by atoms with Crippen molar-refractivity contribution in [2.24, 2.45) is 0 Å². The molecule has 0 unspecified atom stereocenters. The average Bonchev–Trinajstić information content (AvgIpc) is 2.81. The van der Waals surface area contributed by atoms with Crippen molar-refractivity contribution in [3.05, 3.63) is 22.9 Å². The minimum atomic E-state index is -0.370. The number of pyridine rings is 1. The summed E-state index contributed by atoms with van der Waals surface area (Å²) < 4.78 is 0. The third-order valence-electron chi connectivity index (χ3n) is 3.03. The average molecular weight is 321 g/mol. The van der Waals surface area contributed by atoms with Crippen LogP contribution in [-0.2, 0) is 9.59 Å². The van der Waals surface area contributed by atoms with Crippen LogP contribution in [0.1, 0.15) is 23.2 Å². The second kappa shape index (κ2) is 6.96. The van der Waals surface area contributed by atoms with Gasteiger partial charge in [-0.2, -0.15) is 5.26 Å². The van der Waals surface area contributed by atoms with Gasteiger partial charge in [0.05, 0.1) is 17.4 Å². The molecule has 1 aromatic heterocycles. The molecule has 1 aliphatic heterocycles. The second-order valence-corrected chi connectivity index (χ2v) is 6.80. The highest BCUT2D eigenvalue weighted by atomic mass is 32.2. The molecule has 5 nitrogen and oxygen atoms in total. The zero-order valence-corrected chi connectivity index (χ0v) is 13.4. The quantitative estimate of drug-likeness (QED) is 0.852. The van der Waals surface area contributed by atoms with Gasteiger partial charge in [0.1, 0.15) is 11.1 Å². The number of hydrogen-bond acceptors (Lipinski definition) is 6. The van der Waals surface area contributed by atoms with Crippen molar-refractivity contribution >= 4 is 34.5 Å². The summed E-state index contributed by atoms with van der Waals surface area (Å²) in [4.78, 5) is 27.7. The second-order valence-electron chi connectivity index (χ2n) is 4.74. The van der Waals surface area contributed by atoms with Gasteiger partial charge in [0.15, 0.2) is 0 Å². The van der Waals surface area contributed by atoms with Crippen LogP contribution < -0.4 is 5.32 Å². The molecule has 0 aromatic carbocycles. The molecule has 1 amide bonds. The molecule has 1 saturated heterocycles. The van der Waals surface area contributed by atoms with Gasteiger partial charge in [0.25, 0.3) is 0 Å². The first-order valence-electron chi connectivity index (χ1n) is 6.48. The highest BCUT2D eigenvalue weighted by molar-refractivity contribution is 8.14. The number of aryl methyl sites for hydroxylation is 2. The summed E-state index contributed by atoms with van der Waals surface area (Å²) >= 11 is 2.48. The Morgan fingerprint density at radius 1 is 1.62 bits per heavy atom. The summed E-state index contributed by atoms with van der Waals surface area (Å²) in [5, 5.41) is 12.5. The van der Waals surface area contributed by atoms with E-state index >= 15 is 0 Å². The van der Waals surface area contributed by atoms with E-state index in [4.69, 9.17) is 5.26 Å². The molecule has 110 valence electrons. The van der Waals surface area contributed by atoms with Crippen LogP contribution >= 0.6 is 23.5 Å². The molecule has 1 fully saturated rings. The van der Waals surface area contributed by atoms with Crippen molar-refractivity contribution in [2.75, 3.05) is 11.5 Å². The van der Waals surface area contributed by atoms with Crippen LogP contribution in [0.15, 0.2) is 11.1 Å². The molecule has 0 aliphatic carbocycles. The number of hydrogen-bond donors (Lipinski definition) is 1. The van der Waals surface area contributed by atoms with Crippen LogP contribution in [0.3, 0.4) is 0 Å². The SMILES string of the molecule is Cc1cc(C)c(C#N)c(SCC(=O)N[C@@H]2CCSC2=O)n1. The van der Waals surface area contributed by atoms with Gasteiger partial charge in [-0.25, -0.2) is 4.98 Å². The highest BCUT2D eigenvalue weighted by Gasteiger charge is 2.26. The molecule has 0 saturated carbocycles. The minimum absolute atomic E-state index is 0.0237. The maximum absolute atomic E-state index is 11.9. The molecular weight excluding hydrogens is 306 g/mol. The number of aromatic nitrogens is 1. The Bertz CT molecular complexity index is 625. The van der Waals surface area contributed by atoms with Crippen LogP contribution in [0.5, 0.6) is 0 Å². The lowest BCUT2D eigenvalue weighted by Gasteiger charge is -2.10. The van der Waals surface area contributed by atoms with E-state index in [1.807, 2.05) is 19.9 Å². The smallest absolute Gasteiger partial charge is 0.231 e.